The molecule has 0 radical (unpaired) electrons. The van der Waals surface area contributed by atoms with E-state index < -0.39 is 21.3 Å². The minimum absolute atomic E-state index is 0.115. The Morgan fingerprint density at radius 2 is 2.11 bits per heavy atom. The molecule has 1 amide bonds. The van der Waals surface area contributed by atoms with Crippen LogP contribution in [0.2, 0.25) is 0 Å². The molecule has 108 valence electrons. The van der Waals surface area contributed by atoms with E-state index in [1.54, 1.807) is 13.8 Å². The van der Waals surface area contributed by atoms with Gasteiger partial charge in [-0.2, -0.15) is 0 Å². The molecule has 0 spiro atoms. The van der Waals surface area contributed by atoms with Crippen LogP contribution in [0.4, 0.5) is 0 Å². The molecule has 19 heavy (non-hydrogen) atoms. The standard InChI is InChI=1S/C10H18N4O4S/c1-10(2,16)8-7-14(13-12-8)4-6-19(17,18)5-3-9(11)15/h7,16H,3-6H2,1-2H3,(H2,11,15). The third-order valence-corrected chi connectivity index (χ3v) is 4.09. The number of hydrogen-bond donors (Lipinski definition) is 2. The van der Waals surface area contributed by atoms with E-state index in [-0.39, 0.29) is 24.5 Å². The molecule has 1 aromatic rings. The summed E-state index contributed by atoms with van der Waals surface area (Å²) >= 11 is 0. The molecule has 0 aliphatic rings. The number of nitrogens with two attached hydrogens (primary N) is 1. The van der Waals surface area contributed by atoms with Crippen molar-refractivity contribution in [3.05, 3.63) is 11.9 Å². The van der Waals surface area contributed by atoms with E-state index in [9.17, 15) is 18.3 Å². The van der Waals surface area contributed by atoms with Gasteiger partial charge in [0.25, 0.3) is 0 Å². The summed E-state index contributed by atoms with van der Waals surface area (Å²) < 4.78 is 24.5. The molecule has 3 N–H and O–H groups in total. The van der Waals surface area contributed by atoms with Crippen LogP contribution in [-0.2, 0) is 26.8 Å². The fourth-order valence-corrected chi connectivity index (χ4v) is 2.46. The van der Waals surface area contributed by atoms with Crippen LogP contribution < -0.4 is 5.73 Å². The fourth-order valence-electron chi connectivity index (χ4n) is 1.28. The van der Waals surface area contributed by atoms with Crippen LogP contribution in [0.5, 0.6) is 0 Å². The second-order valence-electron chi connectivity index (χ2n) is 4.79. The number of aromatic nitrogens is 3. The lowest BCUT2D eigenvalue weighted by Crippen LogP contribution is -2.21. The average Bonchev–Trinajstić information content (AvgIpc) is 2.72. The molecule has 0 unspecified atom stereocenters. The Morgan fingerprint density at radius 3 is 2.58 bits per heavy atom. The number of amides is 1. The van der Waals surface area contributed by atoms with Crippen LogP contribution in [0.3, 0.4) is 0 Å². The van der Waals surface area contributed by atoms with Crippen molar-refractivity contribution in [1.29, 1.82) is 0 Å². The van der Waals surface area contributed by atoms with Gasteiger partial charge in [-0.25, -0.2) is 8.42 Å². The summed E-state index contributed by atoms with van der Waals surface area (Å²) in [6.07, 6.45) is 1.30. The molecular weight excluding hydrogens is 272 g/mol. The lowest BCUT2D eigenvalue weighted by molar-refractivity contribution is -0.117. The SMILES string of the molecule is CC(C)(O)c1cn(CCS(=O)(=O)CCC(N)=O)nn1. The second-order valence-corrected chi connectivity index (χ2v) is 7.10. The highest BCUT2D eigenvalue weighted by Crippen LogP contribution is 2.15. The Labute approximate surface area is 111 Å². The summed E-state index contributed by atoms with van der Waals surface area (Å²) in [5, 5.41) is 17.2. The first-order valence-electron chi connectivity index (χ1n) is 5.72. The molecule has 0 saturated heterocycles. The topological polar surface area (TPSA) is 128 Å². The van der Waals surface area contributed by atoms with Gasteiger partial charge >= 0.3 is 0 Å². The number of rotatable bonds is 7. The Bertz CT molecular complexity index is 544. The van der Waals surface area contributed by atoms with Crippen molar-refractivity contribution >= 4 is 15.7 Å². The molecule has 0 aliphatic carbocycles. The van der Waals surface area contributed by atoms with Gasteiger partial charge in [0.15, 0.2) is 9.84 Å². The number of sulfone groups is 1. The van der Waals surface area contributed by atoms with Crippen molar-refractivity contribution in [2.45, 2.75) is 32.4 Å². The highest BCUT2D eigenvalue weighted by Gasteiger charge is 2.20. The van der Waals surface area contributed by atoms with E-state index in [4.69, 9.17) is 5.73 Å². The Kier molecular flexibility index (Phi) is 4.64. The van der Waals surface area contributed by atoms with Gasteiger partial charge in [0.1, 0.15) is 11.3 Å². The highest BCUT2D eigenvalue weighted by molar-refractivity contribution is 7.91. The molecule has 1 aromatic heterocycles. The first-order valence-corrected chi connectivity index (χ1v) is 7.54. The van der Waals surface area contributed by atoms with Crippen molar-refractivity contribution in [1.82, 2.24) is 15.0 Å². The van der Waals surface area contributed by atoms with Gasteiger partial charge in [-0.3, -0.25) is 9.48 Å². The number of carbonyl (C=O) groups is 1. The summed E-state index contributed by atoms with van der Waals surface area (Å²) in [5.41, 5.74) is 4.14. The monoisotopic (exact) mass is 290 g/mol. The molecule has 1 rings (SSSR count). The molecule has 0 aliphatic heterocycles. The number of nitrogens with zero attached hydrogens (tertiary/aromatic N) is 3. The van der Waals surface area contributed by atoms with Crippen LogP contribution >= 0.6 is 0 Å². The summed E-state index contributed by atoms with van der Waals surface area (Å²) in [5.74, 6) is -1.07. The molecule has 0 fully saturated rings. The van der Waals surface area contributed by atoms with Gasteiger partial charge in [0.05, 0.1) is 24.2 Å². The second kappa shape index (κ2) is 5.66. The predicted molar refractivity (Wildman–Crippen MR) is 67.7 cm³/mol. The first-order chi connectivity index (χ1) is 8.60. The predicted octanol–water partition coefficient (Wildman–Crippen LogP) is -1.20. The maximum Gasteiger partial charge on any atom is 0.218 e. The third-order valence-electron chi connectivity index (χ3n) is 2.46. The van der Waals surface area contributed by atoms with Gasteiger partial charge in [-0.1, -0.05) is 5.21 Å². The van der Waals surface area contributed by atoms with Crippen molar-refractivity contribution in [3.8, 4) is 0 Å². The van der Waals surface area contributed by atoms with Crippen LogP contribution in [0, 0.1) is 0 Å². The first kappa shape index (κ1) is 15.6. The zero-order valence-electron chi connectivity index (χ0n) is 10.9. The quantitative estimate of drug-likeness (QED) is 0.649. The van der Waals surface area contributed by atoms with E-state index in [1.807, 2.05) is 0 Å². The Morgan fingerprint density at radius 1 is 1.47 bits per heavy atom. The maximum absolute atomic E-state index is 11.6. The van der Waals surface area contributed by atoms with Crippen molar-refractivity contribution in [2.75, 3.05) is 11.5 Å². The van der Waals surface area contributed by atoms with E-state index >= 15 is 0 Å². The molecule has 1 heterocycles. The van der Waals surface area contributed by atoms with Gasteiger partial charge in [0, 0.05) is 6.42 Å². The largest absolute Gasteiger partial charge is 0.384 e. The van der Waals surface area contributed by atoms with Gasteiger partial charge < -0.3 is 10.8 Å². The molecule has 8 nitrogen and oxygen atoms in total. The average molecular weight is 290 g/mol. The maximum atomic E-state index is 11.6. The summed E-state index contributed by atoms with van der Waals surface area (Å²) in [6, 6.07) is 0. The zero-order chi connectivity index (χ0) is 14.7. The molecule has 9 heteroatoms. The number of primary amides is 1. The van der Waals surface area contributed by atoms with E-state index in [0.29, 0.717) is 5.69 Å². The molecule has 0 bridgehead atoms. The molecule has 0 aromatic carbocycles. The minimum Gasteiger partial charge on any atom is -0.384 e. The zero-order valence-corrected chi connectivity index (χ0v) is 11.7. The van der Waals surface area contributed by atoms with Crippen LogP contribution in [-0.4, -0.2) is 45.9 Å². The van der Waals surface area contributed by atoms with E-state index in [0.717, 1.165) is 0 Å². The number of carbonyl (C=O) groups excluding carboxylic acids is 1. The van der Waals surface area contributed by atoms with Crippen molar-refractivity contribution in [2.24, 2.45) is 5.73 Å². The van der Waals surface area contributed by atoms with Crippen LogP contribution in [0.15, 0.2) is 6.20 Å². The van der Waals surface area contributed by atoms with Gasteiger partial charge in [-0.05, 0) is 13.8 Å². The van der Waals surface area contributed by atoms with Crippen molar-refractivity contribution < 1.29 is 18.3 Å². The smallest absolute Gasteiger partial charge is 0.218 e. The summed E-state index contributed by atoms with van der Waals surface area (Å²) in [4.78, 5) is 10.5. The van der Waals surface area contributed by atoms with Gasteiger partial charge in [-0.15, -0.1) is 5.10 Å². The Balaban J connectivity index is 2.57. The molecule has 0 saturated carbocycles. The highest BCUT2D eigenvalue weighted by atomic mass is 32.2. The number of hydrogen-bond acceptors (Lipinski definition) is 6. The summed E-state index contributed by atoms with van der Waals surface area (Å²) in [6.45, 7) is 3.24. The minimum atomic E-state index is -3.35. The summed E-state index contributed by atoms with van der Waals surface area (Å²) in [7, 11) is -3.35. The van der Waals surface area contributed by atoms with Crippen molar-refractivity contribution in [3.63, 3.8) is 0 Å². The lowest BCUT2D eigenvalue weighted by Gasteiger charge is -2.11. The van der Waals surface area contributed by atoms with Crippen LogP contribution in [0.25, 0.3) is 0 Å². The molecular formula is C10H18N4O4S. The number of aryl methyl sites for hydroxylation is 1. The molecule has 0 atom stereocenters. The lowest BCUT2D eigenvalue weighted by atomic mass is 10.1. The van der Waals surface area contributed by atoms with Gasteiger partial charge in [0.2, 0.25) is 5.91 Å². The Hall–Kier alpha value is -1.48. The third kappa shape index (κ3) is 5.35. The number of aliphatic hydroxyl groups is 1. The normalized spacial score (nSPS) is 12.6. The van der Waals surface area contributed by atoms with Crippen LogP contribution in [0.1, 0.15) is 26.0 Å². The van der Waals surface area contributed by atoms with E-state index in [1.165, 1.54) is 10.9 Å². The fraction of sp³-hybridized carbons (Fsp3) is 0.700. The van der Waals surface area contributed by atoms with E-state index in [2.05, 4.69) is 10.3 Å².